The molecule has 0 bridgehead atoms. The predicted molar refractivity (Wildman–Crippen MR) is 48.4 cm³/mol. The van der Waals surface area contributed by atoms with E-state index >= 15 is 0 Å². The molecule has 0 amide bonds. The van der Waals surface area contributed by atoms with Crippen LogP contribution in [0.3, 0.4) is 0 Å². The van der Waals surface area contributed by atoms with Crippen LogP contribution in [0.5, 0.6) is 5.75 Å². The molecule has 58 valence electrons. The maximum atomic E-state index is 5.89. The van der Waals surface area contributed by atoms with E-state index in [0.717, 1.165) is 28.3 Å². The Labute approximate surface area is 78.4 Å². The molecule has 1 aliphatic heterocycles. The monoisotopic (exact) mass is 232 g/mol. The summed E-state index contributed by atoms with van der Waals surface area (Å²) in [6.07, 6.45) is 0.975. The summed E-state index contributed by atoms with van der Waals surface area (Å²) in [5.74, 6) is 0.960. The lowest BCUT2D eigenvalue weighted by atomic mass is 10.2. The normalized spacial score (nSPS) is 14.4. The highest BCUT2D eigenvalue weighted by atomic mass is 79.9. The van der Waals surface area contributed by atoms with E-state index in [0.29, 0.717) is 0 Å². The molecule has 1 heterocycles. The third kappa shape index (κ3) is 1.25. The van der Waals surface area contributed by atoms with Crippen LogP contribution in [0.2, 0.25) is 5.02 Å². The van der Waals surface area contributed by atoms with Crippen molar-refractivity contribution >= 4 is 27.5 Å². The van der Waals surface area contributed by atoms with Crippen LogP contribution in [-0.4, -0.2) is 6.61 Å². The fourth-order valence-electron chi connectivity index (χ4n) is 1.17. The van der Waals surface area contributed by atoms with Gasteiger partial charge in [-0.1, -0.05) is 11.6 Å². The van der Waals surface area contributed by atoms with Crippen molar-refractivity contribution in [1.29, 1.82) is 0 Å². The van der Waals surface area contributed by atoms with E-state index in [1.165, 1.54) is 5.56 Å². The first-order valence-corrected chi connectivity index (χ1v) is 4.55. The fourth-order valence-corrected chi connectivity index (χ4v) is 1.68. The Bertz CT molecular complexity index is 269. The molecular formula is C8H6BrClO. The molecule has 0 fully saturated rings. The first-order chi connectivity index (χ1) is 5.27. The van der Waals surface area contributed by atoms with Crippen LogP contribution in [0.1, 0.15) is 5.56 Å². The summed E-state index contributed by atoms with van der Waals surface area (Å²) in [5.41, 5.74) is 1.21. The Morgan fingerprint density at radius 3 is 3.09 bits per heavy atom. The second-order valence-corrected chi connectivity index (χ2v) is 3.73. The average molecular weight is 233 g/mol. The number of rotatable bonds is 0. The highest BCUT2D eigenvalue weighted by molar-refractivity contribution is 9.10. The second-order valence-electron chi connectivity index (χ2n) is 2.47. The molecule has 0 unspecified atom stereocenters. The van der Waals surface area contributed by atoms with Crippen LogP contribution in [0.15, 0.2) is 16.6 Å². The summed E-state index contributed by atoms with van der Waals surface area (Å²) in [7, 11) is 0. The van der Waals surface area contributed by atoms with Crippen molar-refractivity contribution in [2.24, 2.45) is 0 Å². The lowest BCUT2D eigenvalue weighted by Crippen LogP contribution is -1.85. The van der Waals surface area contributed by atoms with E-state index in [1.807, 2.05) is 12.1 Å². The summed E-state index contributed by atoms with van der Waals surface area (Å²) in [5, 5.41) is 0.759. The van der Waals surface area contributed by atoms with Gasteiger partial charge in [0.15, 0.2) is 0 Å². The van der Waals surface area contributed by atoms with Crippen molar-refractivity contribution in [2.45, 2.75) is 6.42 Å². The minimum atomic E-state index is 0.759. The van der Waals surface area contributed by atoms with Crippen molar-refractivity contribution in [3.8, 4) is 5.75 Å². The zero-order valence-electron chi connectivity index (χ0n) is 5.73. The van der Waals surface area contributed by atoms with Gasteiger partial charge in [0, 0.05) is 10.9 Å². The standard InChI is InChI=1S/C8H6BrClO/c9-6-4-8-5(1-2-11-8)3-7(6)10/h3-4H,1-2H2. The molecule has 0 saturated heterocycles. The molecule has 0 spiro atoms. The van der Waals surface area contributed by atoms with Gasteiger partial charge in [-0.05, 0) is 33.6 Å². The minimum absolute atomic E-state index is 0.759. The largest absolute Gasteiger partial charge is 0.493 e. The average Bonchev–Trinajstić information content (AvgIpc) is 2.36. The molecule has 11 heavy (non-hydrogen) atoms. The van der Waals surface area contributed by atoms with E-state index in [4.69, 9.17) is 16.3 Å². The first kappa shape index (κ1) is 7.44. The Kier molecular flexibility index (Phi) is 1.81. The maximum absolute atomic E-state index is 5.89. The van der Waals surface area contributed by atoms with Gasteiger partial charge >= 0.3 is 0 Å². The highest BCUT2D eigenvalue weighted by Crippen LogP contribution is 2.33. The predicted octanol–water partition coefficient (Wildman–Crippen LogP) is 3.04. The summed E-state index contributed by atoms with van der Waals surface area (Å²) in [6, 6.07) is 3.87. The Morgan fingerprint density at radius 2 is 2.27 bits per heavy atom. The zero-order valence-corrected chi connectivity index (χ0v) is 8.08. The molecular weight excluding hydrogens is 227 g/mol. The van der Waals surface area contributed by atoms with Gasteiger partial charge in [0.25, 0.3) is 0 Å². The van der Waals surface area contributed by atoms with Crippen LogP contribution in [0.4, 0.5) is 0 Å². The summed E-state index contributed by atoms with van der Waals surface area (Å²) in [6.45, 7) is 0.780. The van der Waals surface area contributed by atoms with Gasteiger partial charge in [-0.25, -0.2) is 0 Å². The van der Waals surface area contributed by atoms with Crippen LogP contribution in [-0.2, 0) is 6.42 Å². The molecule has 0 N–H and O–H groups in total. The van der Waals surface area contributed by atoms with Crippen molar-refractivity contribution in [3.05, 3.63) is 27.2 Å². The SMILES string of the molecule is Clc1cc2c(cc1Br)OCC2. The van der Waals surface area contributed by atoms with Gasteiger partial charge in [0.05, 0.1) is 11.6 Å². The summed E-state index contributed by atoms with van der Waals surface area (Å²) < 4.78 is 6.25. The van der Waals surface area contributed by atoms with Gasteiger partial charge in [0.1, 0.15) is 5.75 Å². The van der Waals surface area contributed by atoms with Gasteiger partial charge in [-0.15, -0.1) is 0 Å². The molecule has 1 aromatic rings. The smallest absolute Gasteiger partial charge is 0.123 e. The molecule has 3 heteroatoms. The molecule has 1 nitrogen and oxygen atoms in total. The highest BCUT2D eigenvalue weighted by Gasteiger charge is 2.13. The molecule has 0 aromatic heterocycles. The van der Waals surface area contributed by atoms with Crippen molar-refractivity contribution in [2.75, 3.05) is 6.61 Å². The summed E-state index contributed by atoms with van der Waals surface area (Å²) in [4.78, 5) is 0. The first-order valence-electron chi connectivity index (χ1n) is 3.38. The topological polar surface area (TPSA) is 9.23 Å². The van der Waals surface area contributed by atoms with Crippen LogP contribution in [0, 0.1) is 0 Å². The molecule has 0 aliphatic carbocycles. The van der Waals surface area contributed by atoms with Gasteiger partial charge in [-0.2, -0.15) is 0 Å². The summed E-state index contributed by atoms with van der Waals surface area (Å²) >= 11 is 9.23. The van der Waals surface area contributed by atoms with Crippen LogP contribution < -0.4 is 4.74 Å². The molecule has 0 saturated carbocycles. The molecule has 1 aliphatic rings. The number of hydrogen-bond donors (Lipinski definition) is 0. The molecule has 0 atom stereocenters. The third-order valence-electron chi connectivity index (χ3n) is 1.73. The van der Waals surface area contributed by atoms with Crippen LogP contribution in [0.25, 0.3) is 0 Å². The van der Waals surface area contributed by atoms with E-state index in [2.05, 4.69) is 15.9 Å². The quantitative estimate of drug-likeness (QED) is 0.669. The molecule has 2 rings (SSSR count). The van der Waals surface area contributed by atoms with Gasteiger partial charge < -0.3 is 4.74 Å². The van der Waals surface area contributed by atoms with E-state index < -0.39 is 0 Å². The van der Waals surface area contributed by atoms with Crippen LogP contribution >= 0.6 is 27.5 Å². The van der Waals surface area contributed by atoms with Crippen molar-refractivity contribution < 1.29 is 4.74 Å². The number of hydrogen-bond acceptors (Lipinski definition) is 1. The van der Waals surface area contributed by atoms with Crippen molar-refractivity contribution in [1.82, 2.24) is 0 Å². The number of halogens is 2. The number of fused-ring (bicyclic) bond motifs is 1. The molecule has 1 aromatic carbocycles. The van der Waals surface area contributed by atoms with Gasteiger partial charge in [-0.3, -0.25) is 0 Å². The minimum Gasteiger partial charge on any atom is -0.493 e. The molecule has 0 radical (unpaired) electrons. The third-order valence-corrected chi connectivity index (χ3v) is 2.93. The van der Waals surface area contributed by atoms with E-state index in [9.17, 15) is 0 Å². The van der Waals surface area contributed by atoms with Gasteiger partial charge in [0.2, 0.25) is 0 Å². The number of ether oxygens (including phenoxy) is 1. The maximum Gasteiger partial charge on any atom is 0.123 e. The second kappa shape index (κ2) is 2.68. The van der Waals surface area contributed by atoms with E-state index in [1.54, 1.807) is 0 Å². The fraction of sp³-hybridized carbons (Fsp3) is 0.250. The van der Waals surface area contributed by atoms with E-state index in [-0.39, 0.29) is 0 Å². The Balaban J connectivity index is 2.57. The lowest BCUT2D eigenvalue weighted by Gasteiger charge is -2.00. The Morgan fingerprint density at radius 1 is 1.45 bits per heavy atom. The lowest BCUT2D eigenvalue weighted by molar-refractivity contribution is 0.356. The zero-order chi connectivity index (χ0) is 7.84. The number of benzene rings is 1. The Hall–Kier alpha value is -0.210. The van der Waals surface area contributed by atoms with Crippen molar-refractivity contribution in [3.63, 3.8) is 0 Å².